The molecule has 4 nitrogen and oxygen atoms in total. The average molecular weight is 270 g/mol. The van der Waals surface area contributed by atoms with E-state index in [0.29, 0.717) is 25.7 Å². The van der Waals surface area contributed by atoms with Crippen molar-refractivity contribution in [1.29, 1.82) is 0 Å². The highest BCUT2D eigenvalue weighted by molar-refractivity contribution is 5.99. The third-order valence-corrected chi connectivity index (χ3v) is 3.23. The highest BCUT2D eigenvalue weighted by Crippen LogP contribution is 2.18. The second-order valence-corrected chi connectivity index (χ2v) is 4.62. The maximum Gasteiger partial charge on any atom is 0.253 e. The molecule has 0 bridgehead atoms. The molecule has 19 heavy (non-hydrogen) atoms. The lowest BCUT2D eigenvalue weighted by atomic mass is 10.0. The Labute approximate surface area is 109 Å². The Morgan fingerprint density at radius 1 is 1.32 bits per heavy atom. The second-order valence-electron chi connectivity index (χ2n) is 4.62. The number of nitrogens with one attached hydrogen (secondary N) is 1. The van der Waals surface area contributed by atoms with Gasteiger partial charge in [0.1, 0.15) is 0 Å². The fourth-order valence-electron chi connectivity index (χ4n) is 2.04. The number of nitrogens with two attached hydrogens (primary N) is 1. The van der Waals surface area contributed by atoms with Crippen molar-refractivity contribution in [1.82, 2.24) is 5.32 Å². The molecule has 1 aliphatic rings. The first-order valence-corrected chi connectivity index (χ1v) is 6.18. The molecule has 0 radical (unpaired) electrons. The number of halogens is 2. The summed E-state index contributed by atoms with van der Waals surface area (Å²) < 4.78 is 31.2. The van der Waals surface area contributed by atoms with Gasteiger partial charge in [-0.3, -0.25) is 4.79 Å². The zero-order valence-electron chi connectivity index (χ0n) is 10.4. The Morgan fingerprint density at radius 3 is 2.63 bits per heavy atom. The van der Waals surface area contributed by atoms with Gasteiger partial charge in [-0.1, -0.05) is 0 Å². The summed E-state index contributed by atoms with van der Waals surface area (Å²) >= 11 is 0. The van der Waals surface area contributed by atoms with E-state index in [1.54, 1.807) is 0 Å². The van der Waals surface area contributed by atoms with Gasteiger partial charge in [-0.15, -0.1) is 0 Å². The van der Waals surface area contributed by atoms with E-state index in [4.69, 9.17) is 10.5 Å². The first-order valence-electron chi connectivity index (χ1n) is 6.18. The van der Waals surface area contributed by atoms with E-state index in [2.05, 4.69) is 5.32 Å². The SMILES string of the molecule is Nc1cc(F)c(F)cc1C(=O)NCC1CCOCC1. The van der Waals surface area contributed by atoms with Crippen LogP contribution in [0.1, 0.15) is 23.2 Å². The van der Waals surface area contributed by atoms with Crippen molar-refractivity contribution >= 4 is 11.6 Å². The predicted octanol–water partition coefficient (Wildman–Crippen LogP) is 1.70. The molecule has 0 atom stereocenters. The summed E-state index contributed by atoms with van der Waals surface area (Å²) in [5.41, 5.74) is 5.41. The number of ether oxygens (including phenoxy) is 1. The van der Waals surface area contributed by atoms with Crippen LogP contribution in [0.4, 0.5) is 14.5 Å². The number of amides is 1. The maximum atomic E-state index is 13.1. The number of rotatable bonds is 3. The van der Waals surface area contributed by atoms with Gasteiger partial charge in [0.05, 0.1) is 5.56 Å². The van der Waals surface area contributed by atoms with Crippen molar-refractivity contribution in [2.45, 2.75) is 12.8 Å². The molecule has 1 amide bonds. The van der Waals surface area contributed by atoms with Crippen LogP contribution < -0.4 is 11.1 Å². The van der Waals surface area contributed by atoms with E-state index >= 15 is 0 Å². The molecule has 0 saturated carbocycles. The van der Waals surface area contributed by atoms with E-state index < -0.39 is 17.5 Å². The first kappa shape index (κ1) is 13.7. The van der Waals surface area contributed by atoms with Crippen LogP contribution in [0.15, 0.2) is 12.1 Å². The van der Waals surface area contributed by atoms with E-state index in [9.17, 15) is 13.6 Å². The van der Waals surface area contributed by atoms with E-state index in [0.717, 1.165) is 25.0 Å². The summed E-state index contributed by atoms with van der Waals surface area (Å²) in [5.74, 6) is -2.27. The Balaban J connectivity index is 1.97. The Morgan fingerprint density at radius 2 is 1.95 bits per heavy atom. The van der Waals surface area contributed by atoms with Crippen molar-refractivity contribution in [3.05, 3.63) is 29.3 Å². The highest BCUT2D eigenvalue weighted by Gasteiger charge is 2.17. The van der Waals surface area contributed by atoms with E-state index in [1.165, 1.54) is 0 Å². The topological polar surface area (TPSA) is 64.4 Å². The van der Waals surface area contributed by atoms with Crippen LogP contribution in [-0.2, 0) is 4.74 Å². The van der Waals surface area contributed by atoms with Crippen LogP contribution in [0.3, 0.4) is 0 Å². The highest BCUT2D eigenvalue weighted by atomic mass is 19.2. The fourth-order valence-corrected chi connectivity index (χ4v) is 2.04. The number of hydrogen-bond donors (Lipinski definition) is 2. The van der Waals surface area contributed by atoms with Crippen LogP contribution in [0, 0.1) is 17.6 Å². The van der Waals surface area contributed by atoms with Crippen LogP contribution >= 0.6 is 0 Å². The number of anilines is 1. The molecule has 1 aromatic rings. The molecule has 3 N–H and O–H groups in total. The molecule has 0 spiro atoms. The number of hydrogen-bond acceptors (Lipinski definition) is 3. The van der Waals surface area contributed by atoms with Gasteiger partial charge in [-0.05, 0) is 24.8 Å². The summed E-state index contributed by atoms with van der Waals surface area (Å²) in [6.45, 7) is 1.86. The number of benzene rings is 1. The molecular formula is C13H16F2N2O2. The smallest absolute Gasteiger partial charge is 0.253 e. The average Bonchev–Trinajstić information content (AvgIpc) is 2.41. The molecular weight excluding hydrogens is 254 g/mol. The summed E-state index contributed by atoms with van der Waals surface area (Å²) in [6, 6.07) is 1.64. The van der Waals surface area contributed by atoms with Crippen LogP contribution in [0.5, 0.6) is 0 Å². The Kier molecular flexibility index (Phi) is 4.31. The maximum absolute atomic E-state index is 13.1. The fraction of sp³-hybridized carbons (Fsp3) is 0.462. The molecule has 1 fully saturated rings. The number of carbonyl (C=O) groups is 1. The Bertz CT molecular complexity index is 474. The molecule has 1 aliphatic heterocycles. The third kappa shape index (κ3) is 3.41. The van der Waals surface area contributed by atoms with Crippen LogP contribution in [0.2, 0.25) is 0 Å². The van der Waals surface area contributed by atoms with Gasteiger partial charge < -0.3 is 15.8 Å². The molecule has 0 aromatic heterocycles. The zero-order valence-corrected chi connectivity index (χ0v) is 10.4. The molecule has 1 aromatic carbocycles. The summed E-state index contributed by atoms with van der Waals surface area (Å²) in [6.07, 6.45) is 1.76. The van der Waals surface area contributed by atoms with Crippen molar-refractivity contribution in [2.24, 2.45) is 5.92 Å². The molecule has 2 rings (SSSR count). The minimum Gasteiger partial charge on any atom is -0.398 e. The van der Waals surface area contributed by atoms with Crippen LogP contribution in [0.25, 0.3) is 0 Å². The number of carbonyl (C=O) groups excluding carboxylic acids is 1. The quantitative estimate of drug-likeness (QED) is 0.822. The van der Waals surface area contributed by atoms with Gasteiger partial charge >= 0.3 is 0 Å². The molecule has 0 unspecified atom stereocenters. The van der Waals surface area contributed by atoms with E-state index in [-0.39, 0.29) is 11.3 Å². The lowest BCUT2D eigenvalue weighted by Crippen LogP contribution is -2.32. The van der Waals surface area contributed by atoms with Gasteiger partial charge in [0.15, 0.2) is 11.6 Å². The summed E-state index contributed by atoms with van der Waals surface area (Å²) in [4.78, 5) is 11.9. The van der Waals surface area contributed by atoms with Crippen molar-refractivity contribution in [3.63, 3.8) is 0 Å². The van der Waals surface area contributed by atoms with Gasteiger partial charge in [0, 0.05) is 31.5 Å². The Hall–Kier alpha value is -1.69. The lowest BCUT2D eigenvalue weighted by molar-refractivity contribution is 0.0643. The van der Waals surface area contributed by atoms with Crippen molar-refractivity contribution in [2.75, 3.05) is 25.5 Å². The van der Waals surface area contributed by atoms with Crippen molar-refractivity contribution < 1.29 is 18.3 Å². The van der Waals surface area contributed by atoms with Gasteiger partial charge in [-0.25, -0.2) is 8.78 Å². The number of nitrogen functional groups attached to an aromatic ring is 1. The van der Waals surface area contributed by atoms with Crippen molar-refractivity contribution in [3.8, 4) is 0 Å². The molecule has 104 valence electrons. The molecule has 1 saturated heterocycles. The largest absolute Gasteiger partial charge is 0.398 e. The zero-order chi connectivity index (χ0) is 13.8. The monoisotopic (exact) mass is 270 g/mol. The molecule has 0 aliphatic carbocycles. The first-order chi connectivity index (χ1) is 9.08. The minimum atomic E-state index is -1.08. The standard InChI is InChI=1S/C13H16F2N2O2/c14-10-5-9(12(16)6-11(10)15)13(18)17-7-8-1-3-19-4-2-8/h5-6,8H,1-4,7,16H2,(H,17,18). The van der Waals surface area contributed by atoms with Gasteiger partial charge in [-0.2, -0.15) is 0 Å². The minimum absolute atomic E-state index is 0.0361. The summed E-state index contributed by atoms with van der Waals surface area (Å²) in [5, 5.41) is 2.69. The summed E-state index contributed by atoms with van der Waals surface area (Å²) in [7, 11) is 0. The van der Waals surface area contributed by atoms with Gasteiger partial charge in [0.2, 0.25) is 0 Å². The van der Waals surface area contributed by atoms with Gasteiger partial charge in [0.25, 0.3) is 5.91 Å². The van der Waals surface area contributed by atoms with E-state index in [1.807, 2.05) is 0 Å². The van der Waals surface area contributed by atoms with Crippen LogP contribution in [-0.4, -0.2) is 25.7 Å². The normalized spacial score (nSPS) is 16.3. The molecule has 1 heterocycles. The predicted molar refractivity (Wildman–Crippen MR) is 66.6 cm³/mol. The third-order valence-electron chi connectivity index (χ3n) is 3.23. The molecule has 6 heteroatoms. The second kappa shape index (κ2) is 5.97. The lowest BCUT2D eigenvalue weighted by Gasteiger charge is -2.22.